The zero-order valence-electron chi connectivity index (χ0n) is 22.6. The second-order valence-corrected chi connectivity index (χ2v) is 11.1. The smallest absolute Gasteiger partial charge is 0.223 e. The van der Waals surface area contributed by atoms with Crippen LogP contribution >= 0.6 is 23.2 Å². The van der Waals surface area contributed by atoms with Crippen molar-refractivity contribution in [3.63, 3.8) is 0 Å². The van der Waals surface area contributed by atoms with E-state index in [9.17, 15) is 4.79 Å². The van der Waals surface area contributed by atoms with Crippen LogP contribution < -0.4 is 28.7 Å². The maximum Gasteiger partial charge on any atom is 0.223 e. The topological polar surface area (TPSA) is 29.5 Å². The molecule has 202 valence electrons. The molecule has 0 spiro atoms. The number of amides is 1. The van der Waals surface area contributed by atoms with Crippen LogP contribution in [0.1, 0.15) is 63.9 Å². The van der Waals surface area contributed by atoms with E-state index in [0.29, 0.717) is 35.3 Å². The summed E-state index contributed by atoms with van der Waals surface area (Å²) in [5.41, 5.74) is 2.62. The zero-order chi connectivity index (χ0) is 25.8. The summed E-state index contributed by atoms with van der Waals surface area (Å²) in [7, 11) is 8.11. The average molecular weight is 649 g/mol. The summed E-state index contributed by atoms with van der Waals surface area (Å²) in [5.74, 6) is 0.927. The van der Waals surface area contributed by atoms with E-state index in [4.69, 9.17) is 27.9 Å². The third-order valence-electron chi connectivity index (χ3n) is 6.26. The number of likely N-dealkylation sites (N-methyl/N-ethyl adjacent to an activating group) is 1. The Labute approximate surface area is 245 Å². The maximum absolute atomic E-state index is 13.2. The quantitative estimate of drug-likeness (QED) is 0.157. The monoisotopic (exact) mass is 648 g/mol. The lowest BCUT2D eigenvalue weighted by Crippen LogP contribution is -3.00. The lowest BCUT2D eigenvalue weighted by molar-refractivity contribution is -0.869. The fourth-order valence-electron chi connectivity index (χ4n) is 4.13. The second-order valence-electron chi connectivity index (χ2n) is 10.3. The number of carbonyl (C=O) groups is 1. The van der Waals surface area contributed by atoms with Crippen LogP contribution in [0.25, 0.3) is 11.1 Å². The predicted molar refractivity (Wildman–Crippen MR) is 149 cm³/mol. The van der Waals surface area contributed by atoms with Gasteiger partial charge in [0, 0.05) is 24.1 Å². The number of carbonyl (C=O) groups excluding carboxylic acids is 1. The van der Waals surface area contributed by atoms with Crippen molar-refractivity contribution >= 4 is 29.1 Å². The summed E-state index contributed by atoms with van der Waals surface area (Å²) in [6, 6.07) is 11.5. The first-order valence-corrected chi connectivity index (χ1v) is 13.6. The van der Waals surface area contributed by atoms with Gasteiger partial charge in [-0.2, -0.15) is 0 Å². The van der Waals surface area contributed by atoms with Gasteiger partial charge in [-0.3, -0.25) is 4.79 Å². The number of hydrogen-bond acceptors (Lipinski definition) is 2. The van der Waals surface area contributed by atoms with Crippen molar-refractivity contribution in [1.29, 1.82) is 0 Å². The van der Waals surface area contributed by atoms with Crippen LogP contribution in [0.4, 0.5) is 0 Å². The summed E-state index contributed by atoms with van der Waals surface area (Å²) < 4.78 is 6.42. The van der Waals surface area contributed by atoms with Gasteiger partial charge in [0.15, 0.2) is 0 Å². The van der Waals surface area contributed by atoms with E-state index in [-0.39, 0.29) is 29.9 Å². The molecule has 0 aromatic heterocycles. The third-order valence-corrected chi connectivity index (χ3v) is 6.89. The highest BCUT2D eigenvalue weighted by Gasteiger charge is 2.20. The molecular formula is C29H43Cl2IN2O2. The predicted octanol–water partition coefficient (Wildman–Crippen LogP) is 4.85. The molecule has 0 aliphatic rings. The lowest BCUT2D eigenvalue weighted by atomic mass is 10.0. The molecule has 1 amide bonds. The van der Waals surface area contributed by atoms with Gasteiger partial charge in [0.25, 0.3) is 0 Å². The van der Waals surface area contributed by atoms with Crippen molar-refractivity contribution in [3.05, 3.63) is 52.0 Å². The molecule has 0 atom stereocenters. The molecule has 0 radical (unpaired) electrons. The molecule has 0 bridgehead atoms. The zero-order valence-corrected chi connectivity index (χ0v) is 26.3. The first kappa shape index (κ1) is 33.0. The van der Waals surface area contributed by atoms with E-state index >= 15 is 0 Å². The second kappa shape index (κ2) is 16.7. The van der Waals surface area contributed by atoms with E-state index in [1.807, 2.05) is 41.3 Å². The van der Waals surface area contributed by atoms with E-state index in [2.05, 4.69) is 28.1 Å². The van der Waals surface area contributed by atoms with Crippen LogP contribution in [0.15, 0.2) is 36.4 Å². The number of unbranched alkanes of at least 4 members (excludes halogenated alkanes) is 6. The minimum atomic E-state index is 0. The van der Waals surface area contributed by atoms with Crippen LogP contribution in [-0.2, 0) is 11.3 Å². The summed E-state index contributed by atoms with van der Waals surface area (Å²) in [6.07, 6.45) is 9.03. The number of methoxy groups -OCH3 is 1. The molecule has 36 heavy (non-hydrogen) atoms. The van der Waals surface area contributed by atoms with Crippen LogP contribution in [-0.4, -0.2) is 56.6 Å². The Bertz CT molecular complexity index is 927. The molecule has 0 aliphatic heterocycles. The third kappa shape index (κ3) is 11.2. The molecule has 2 aromatic carbocycles. The summed E-state index contributed by atoms with van der Waals surface area (Å²) in [4.78, 5) is 15.2. The number of quaternary nitrogens is 1. The average Bonchev–Trinajstić information content (AvgIpc) is 2.80. The Balaban J connectivity index is 0.00000648. The van der Waals surface area contributed by atoms with Gasteiger partial charge < -0.3 is 38.1 Å². The maximum atomic E-state index is 13.2. The molecule has 4 nitrogen and oxygen atoms in total. The van der Waals surface area contributed by atoms with E-state index in [0.717, 1.165) is 40.6 Å². The van der Waals surface area contributed by atoms with Crippen molar-refractivity contribution in [3.8, 4) is 16.9 Å². The SMILES string of the molecule is CCCCCCCCCC(=O)N(CC[N+](C)(C)C)Cc1ccc(OC)c(-c2c(Cl)cccc2Cl)c1.[I-]. The van der Waals surface area contributed by atoms with Crippen molar-refractivity contribution in [1.82, 2.24) is 4.90 Å². The Morgan fingerprint density at radius 1 is 0.944 bits per heavy atom. The molecular weight excluding hydrogens is 606 g/mol. The van der Waals surface area contributed by atoms with E-state index < -0.39 is 0 Å². The molecule has 7 heteroatoms. The molecule has 0 unspecified atom stereocenters. The van der Waals surface area contributed by atoms with Crippen LogP contribution in [0.2, 0.25) is 10.0 Å². The Morgan fingerprint density at radius 3 is 2.14 bits per heavy atom. The van der Waals surface area contributed by atoms with E-state index in [1.165, 1.54) is 32.1 Å². The first-order chi connectivity index (χ1) is 16.7. The van der Waals surface area contributed by atoms with Gasteiger partial charge in [-0.15, -0.1) is 0 Å². The summed E-state index contributed by atoms with van der Waals surface area (Å²) >= 11 is 13.0. The number of halogens is 3. The number of hydrogen-bond donors (Lipinski definition) is 0. The molecule has 2 rings (SSSR count). The number of nitrogens with zero attached hydrogens (tertiary/aromatic N) is 2. The normalized spacial score (nSPS) is 11.2. The van der Waals surface area contributed by atoms with Crippen LogP contribution in [0.5, 0.6) is 5.75 Å². The number of ether oxygens (including phenoxy) is 1. The van der Waals surface area contributed by atoms with Gasteiger partial charge in [0.1, 0.15) is 5.75 Å². The summed E-state index contributed by atoms with van der Waals surface area (Å²) in [5, 5.41) is 1.15. The Hall–Kier alpha value is -1.02. The van der Waals surface area contributed by atoms with Gasteiger partial charge >= 0.3 is 0 Å². The van der Waals surface area contributed by atoms with Gasteiger partial charge in [0.05, 0.1) is 51.4 Å². The van der Waals surface area contributed by atoms with Crippen LogP contribution in [0.3, 0.4) is 0 Å². The van der Waals surface area contributed by atoms with Gasteiger partial charge in [-0.25, -0.2) is 0 Å². The van der Waals surface area contributed by atoms with Crippen LogP contribution in [0, 0.1) is 0 Å². The minimum Gasteiger partial charge on any atom is -1.00 e. The Kier molecular flexibility index (Phi) is 15.4. The molecule has 0 fully saturated rings. The standard InChI is InChI=1S/C29H43Cl2N2O2.HI/c1-6-7-8-9-10-11-12-16-28(34)32(19-20-33(2,3)4)22-23-17-18-27(35-5)24(21-23)29-25(30)14-13-15-26(29)31;/h13-15,17-18,21H,6-12,16,19-20,22H2,1-5H3;1H/q+1;/p-1. The largest absolute Gasteiger partial charge is 1.00 e. The summed E-state index contributed by atoms with van der Waals surface area (Å²) in [6.45, 7) is 4.39. The lowest BCUT2D eigenvalue weighted by Gasteiger charge is -2.29. The van der Waals surface area contributed by atoms with Crippen molar-refractivity contribution in [2.45, 2.75) is 64.8 Å². The van der Waals surface area contributed by atoms with Crippen molar-refractivity contribution < 1.29 is 38.0 Å². The molecule has 0 saturated heterocycles. The molecule has 2 aromatic rings. The van der Waals surface area contributed by atoms with Crippen molar-refractivity contribution in [2.24, 2.45) is 0 Å². The van der Waals surface area contributed by atoms with Crippen molar-refractivity contribution in [2.75, 3.05) is 41.3 Å². The highest BCUT2D eigenvalue weighted by atomic mass is 127. The fourth-order valence-corrected chi connectivity index (χ4v) is 4.73. The van der Waals surface area contributed by atoms with Gasteiger partial charge in [-0.1, -0.05) is 80.8 Å². The molecule has 0 N–H and O–H groups in total. The van der Waals surface area contributed by atoms with Gasteiger partial charge in [0.2, 0.25) is 5.91 Å². The van der Waals surface area contributed by atoms with Gasteiger partial charge in [-0.05, 0) is 36.2 Å². The van der Waals surface area contributed by atoms with E-state index in [1.54, 1.807) is 7.11 Å². The highest BCUT2D eigenvalue weighted by Crippen LogP contribution is 2.40. The highest BCUT2D eigenvalue weighted by molar-refractivity contribution is 6.39. The fraction of sp³-hybridized carbons (Fsp3) is 0.552. The number of benzene rings is 2. The molecule has 0 aliphatic carbocycles. The molecule has 0 heterocycles. The Morgan fingerprint density at radius 2 is 1.56 bits per heavy atom. The first-order valence-electron chi connectivity index (χ1n) is 12.9. The minimum absolute atomic E-state index is 0. The molecule has 0 saturated carbocycles. The number of rotatable bonds is 15.